The first-order valence-corrected chi connectivity index (χ1v) is 6.70. The summed E-state index contributed by atoms with van der Waals surface area (Å²) in [5.41, 5.74) is 4.16. The van der Waals surface area contributed by atoms with Gasteiger partial charge in [-0.15, -0.1) is 0 Å². The summed E-state index contributed by atoms with van der Waals surface area (Å²) >= 11 is 0. The van der Waals surface area contributed by atoms with Crippen molar-refractivity contribution in [2.24, 2.45) is 0 Å². The first-order chi connectivity index (χ1) is 10.2. The molecule has 0 amide bonds. The monoisotopic (exact) mass is 289 g/mol. The zero-order chi connectivity index (χ0) is 15.1. The Labute approximate surface area is 123 Å². The molecule has 4 N–H and O–H groups in total. The van der Waals surface area contributed by atoms with Gasteiger partial charge in [-0.05, 0) is 23.3 Å². The SMILES string of the molecule is OCc1cc([C@@H](O)CNO)ccc1OCc1ccccc1. The van der Waals surface area contributed by atoms with Crippen molar-refractivity contribution in [3.05, 3.63) is 65.2 Å². The standard InChI is InChI=1S/C16H19NO4/c18-10-14-8-13(15(19)9-17-20)6-7-16(14)21-11-12-4-2-1-3-5-12/h1-8,15,17-20H,9-11H2/t15-/m0/s1. The molecule has 0 saturated heterocycles. The first kappa shape index (κ1) is 15.5. The molecule has 5 nitrogen and oxygen atoms in total. The topological polar surface area (TPSA) is 82.0 Å². The largest absolute Gasteiger partial charge is 0.489 e. The van der Waals surface area contributed by atoms with E-state index in [2.05, 4.69) is 0 Å². The van der Waals surface area contributed by atoms with Gasteiger partial charge >= 0.3 is 0 Å². The molecule has 2 aromatic carbocycles. The number of hydrogen-bond acceptors (Lipinski definition) is 5. The van der Waals surface area contributed by atoms with Gasteiger partial charge in [0, 0.05) is 5.56 Å². The second kappa shape index (κ2) is 7.75. The van der Waals surface area contributed by atoms with Gasteiger partial charge in [0.05, 0.1) is 19.3 Å². The Bertz CT molecular complexity index is 559. The highest BCUT2D eigenvalue weighted by Crippen LogP contribution is 2.24. The van der Waals surface area contributed by atoms with Crippen LogP contribution in [0.5, 0.6) is 5.75 Å². The Balaban J connectivity index is 2.09. The van der Waals surface area contributed by atoms with Crippen LogP contribution in [-0.4, -0.2) is 22.0 Å². The third-order valence-corrected chi connectivity index (χ3v) is 3.16. The molecular weight excluding hydrogens is 270 g/mol. The van der Waals surface area contributed by atoms with Gasteiger partial charge < -0.3 is 20.2 Å². The molecule has 0 bridgehead atoms. The highest BCUT2D eigenvalue weighted by molar-refractivity contribution is 5.38. The summed E-state index contributed by atoms with van der Waals surface area (Å²) in [5.74, 6) is 0.578. The Morgan fingerprint density at radius 2 is 1.86 bits per heavy atom. The number of hydroxylamine groups is 1. The molecule has 0 aliphatic rings. The van der Waals surface area contributed by atoms with Gasteiger partial charge in [-0.1, -0.05) is 36.4 Å². The van der Waals surface area contributed by atoms with E-state index in [1.54, 1.807) is 18.2 Å². The molecule has 0 heterocycles. The van der Waals surface area contributed by atoms with E-state index >= 15 is 0 Å². The van der Waals surface area contributed by atoms with Gasteiger partial charge in [0.2, 0.25) is 0 Å². The van der Waals surface area contributed by atoms with Gasteiger partial charge in [-0.2, -0.15) is 0 Å². The fourth-order valence-corrected chi connectivity index (χ4v) is 2.01. The van der Waals surface area contributed by atoms with Crippen LogP contribution in [0, 0.1) is 0 Å². The average molecular weight is 289 g/mol. The Morgan fingerprint density at radius 1 is 1.10 bits per heavy atom. The van der Waals surface area contributed by atoms with Crippen LogP contribution in [0.15, 0.2) is 48.5 Å². The summed E-state index contributed by atoms with van der Waals surface area (Å²) in [4.78, 5) is 0. The lowest BCUT2D eigenvalue weighted by atomic mass is 10.1. The van der Waals surface area contributed by atoms with Crippen molar-refractivity contribution in [1.82, 2.24) is 5.48 Å². The molecule has 1 atom stereocenters. The Hall–Kier alpha value is -1.92. The summed E-state index contributed by atoms with van der Waals surface area (Å²) in [6.07, 6.45) is -0.844. The second-order valence-corrected chi connectivity index (χ2v) is 4.68. The molecule has 21 heavy (non-hydrogen) atoms. The fourth-order valence-electron chi connectivity index (χ4n) is 2.01. The highest BCUT2D eigenvalue weighted by atomic mass is 16.5. The van der Waals surface area contributed by atoms with Crippen molar-refractivity contribution < 1.29 is 20.2 Å². The van der Waals surface area contributed by atoms with Gasteiger partial charge in [0.1, 0.15) is 12.4 Å². The number of ether oxygens (including phenoxy) is 1. The molecule has 2 aromatic rings. The summed E-state index contributed by atoms with van der Waals surface area (Å²) in [6, 6.07) is 14.8. The molecule has 0 spiro atoms. The molecule has 112 valence electrons. The zero-order valence-corrected chi connectivity index (χ0v) is 11.6. The summed E-state index contributed by atoms with van der Waals surface area (Å²) in [7, 11) is 0. The minimum absolute atomic E-state index is 0.0229. The minimum Gasteiger partial charge on any atom is -0.489 e. The van der Waals surface area contributed by atoms with Crippen LogP contribution in [0.3, 0.4) is 0 Å². The minimum atomic E-state index is -0.844. The lowest BCUT2D eigenvalue weighted by Crippen LogP contribution is -2.17. The number of aliphatic hydroxyl groups is 2. The zero-order valence-electron chi connectivity index (χ0n) is 11.6. The molecule has 0 aromatic heterocycles. The number of benzene rings is 2. The van der Waals surface area contributed by atoms with E-state index in [0.717, 1.165) is 5.56 Å². The van der Waals surface area contributed by atoms with Crippen LogP contribution < -0.4 is 10.2 Å². The van der Waals surface area contributed by atoms with E-state index in [4.69, 9.17) is 9.94 Å². The quantitative estimate of drug-likeness (QED) is 0.584. The Morgan fingerprint density at radius 3 is 2.52 bits per heavy atom. The van der Waals surface area contributed by atoms with Gasteiger partial charge in [0.15, 0.2) is 0 Å². The molecule has 0 radical (unpaired) electrons. The van der Waals surface area contributed by atoms with Gasteiger partial charge in [-0.3, -0.25) is 0 Å². The maximum absolute atomic E-state index is 9.79. The van der Waals surface area contributed by atoms with Crippen LogP contribution in [-0.2, 0) is 13.2 Å². The van der Waals surface area contributed by atoms with E-state index in [1.165, 1.54) is 0 Å². The van der Waals surface area contributed by atoms with Crippen molar-refractivity contribution in [2.45, 2.75) is 19.3 Å². The predicted molar refractivity (Wildman–Crippen MR) is 77.9 cm³/mol. The van der Waals surface area contributed by atoms with Crippen LogP contribution in [0.25, 0.3) is 0 Å². The third kappa shape index (κ3) is 4.27. The van der Waals surface area contributed by atoms with Crippen molar-refractivity contribution in [3.8, 4) is 5.75 Å². The van der Waals surface area contributed by atoms with Crippen molar-refractivity contribution in [3.63, 3.8) is 0 Å². The number of aliphatic hydroxyl groups excluding tert-OH is 2. The first-order valence-electron chi connectivity index (χ1n) is 6.70. The predicted octanol–water partition coefficient (Wildman–Crippen LogP) is 1.77. The molecule has 0 saturated carbocycles. The Kier molecular flexibility index (Phi) is 5.71. The molecule has 2 rings (SSSR count). The summed E-state index contributed by atoms with van der Waals surface area (Å²) < 4.78 is 5.70. The normalized spacial score (nSPS) is 12.1. The number of hydrogen-bond donors (Lipinski definition) is 4. The van der Waals surface area contributed by atoms with Gasteiger partial charge in [-0.25, -0.2) is 5.48 Å². The maximum atomic E-state index is 9.79. The van der Waals surface area contributed by atoms with Crippen LogP contribution in [0.2, 0.25) is 0 Å². The smallest absolute Gasteiger partial charge is 0.125 e. The molecule has 5 heteroatoms. The van der Waals surface area contributed by atoms with Crippen LogP contribution in [0.1, 0.15) is 22.8 Å². The fraction of sp³-hybridized carbons (Fsp3) is 0.250. The number of nitrogens with one attached hydrogen (secondary N) is 1. The van der Waals surface area contributed by atoms with Gasteiger partial charge in [0.25, 0.3) is 0 Å². The lowest BCUT2D eigenvalue weighted by Gasteiger charge is -2.14. The molecular formula is C16H19NO4. The summed E-state index contributed by atoms with van der Waals surface area (Å²) in [5, 5.41) is 27.8. The van der Waals surface area contributed by atoms with E-state index in [-0.39, 0.29) is 13.2 Å². The molecule has 0 aliphatic carbocycles. The van der Waals surface area contributed by atoms with Crippen molar-refractivity contribution in [2.75, 3.05) is 6.54 Å². The van der Waals surface area contributed by atoms with Crippen molar-refractivity contribution in [1.29, 1.82) is 0 Å². The van der Waals surface area contributed by atoms with E-state index in [1.807, 2.05) is 35.8 Å². The van der Waals surface area contributed by atoms with Crippen LogP contribution in [0.4, 0.5) is 0 Å². The van der Waals surface area contributed by atoms with E-state index < -0.39 is 6.10 Å². The van der Waals surface area contributed by atoms with E-state index in [9.17, 15) is 10.2 Å². The van der Waals surface area contributed by atoms with Crippen LogP contribution >= 0.6 is 0 Å². The number of rotatable bonds is 7. The highest BCUT2D eigenvalue weighted by Gasteiger charge is 2.11. The average Bonchev–Trinajstić information content (AvgIpc) is 2.54. The van der Waals surface area contributed by atoms with E-state index in [0.29, 0.717) is 23.5 Å². The summed E-state index contributed by atoms with van der Waals surface area (Å²) in [6.45, 7) is 0.250. The molecule has 0 fully saturated rings. The lowest BCUT2D eigenvalue weighted by molar-refractivity contribution is 0.0920. The maximum Gasteiger partial charge on any atom is 0.125 e. The molecule has 0 aliphatic heterocycles. The molecule has 0 unspecified atom stereocenters. The third-order valence-electron chi connectivity index (χ3n) is 3.16. The van der Waals surface area contributed by atoms with Crippen molar-refractivity contribution >= 4 is 0 Å². The second-order valence-electron chi connectivity index (χ2n) is 4.68.